The topological polar surface area (TPSA) is 34.9 Å². The van der Waals surface area contributed by atoms with Crippen LogP contribution in [-0.2, 0) is 11.3 Å². The predicted molar refractivity (Wildman–Crippen MR) is 55.3 cm³/mol. The maximum absolute atomic E-state index is 10.4. The first-order valence-electron chi connectivity index (χ1n) is 4.60. The van der Waals surface area contributed by atoms with Gasteiger partial charge in [-0.15, -0.1) is 0 Å². The molecule has 0 saturated carbocycles. The zero-order valence-electron chi connectivity index (χ0n) is 8.32. The van der Waals surface area contributed by atoms with Crippen molar-refractivity contribution in [3.05, 3.63) is 29.5 Å². The number of aldehydes is 1. The molecule has 0 amide bonds. The molecule has 0 aliphatic rings. The summed E-state index contributed by atoms with van der Waals surface area (Å²) in [7, 11) is 0. The number of aromatic nitrogens is 2. The first-order chi connectivity index (χ1) is 6.72. The van der Waals surface area contributed by atoms with Crippen LogP contribution in [0, 0.1) is 13.8 Å². The molecule has 2 rings (SSSR count). The molecular weight excluding hydrogens is 176 g/mol. The molecule has 0 unspecified atom stereocenters. The molecule has 3 nitrogen and oxygen atoms in total. The van der Waals surface area contributed by atoms with Gasteiger partial charge in [0, 0.05) is 5.39 Å². The van der Waals surface area contributed by atoms with Crippen LogP contribution in [0.4, 0.5) is 0 Å². The van der Waals surface area contributed by atoms with E-state index in [0.717, 1.165) is 22.9 Å². The van der Waals surface area contributed by atoms with Crippen molar-refractivity contribution in [2.45, 2.75) is 20.4 Å². The summed E-state index contributed by atoms with van der Waals surface area (Å²) in [6, 6.07) is 6.14. The van der Waals surface area contributed by atoms with Gasteiger partial charge in [0.25, 0.3) is 0 Å². The Bertz CT molecular complexity index is 485. The zero-order valence-corrected chi connectivity index (χ0v) is 8.32. The summed E-state index contributed by atoms with van der Waals surface area (Å²) in [6.45, 7) is 4.34. The normalized spacial score (nSPS) is 10.7. The lowest BCUT2D eigenvalue weighted by Crippen LogP contribution is -2.00. The largest absolute Gasteiger partial charge is 0.301 e. The summed E-state index contributed by atoms with van der Waals surface area (Å²) in [6.07, 6.45) is 0.867. The van der Waals surface area contributed by atoms with Gasteiger partial charge in [-0.2, -0.15) is 5.10 Å². The van der Waals surface area contributed by atoms with E-state index in [2.05, 4.69) is 18.1 Å². The Labute approximate surface area is 82.3 Å². The smallest absolute Gasteiger partial charge is 0.141 e. The maximum atomic E-state index is 10.4. The molecule has 1 heterocycles. The number of fused-ring (bicyclic) bond motifs is 1. The van der Waals surface area contributed by atoms with Gasteiger partial charge >= 0.3 is 0 Å². The fraction of sp³-hybridized carbons (Fsp3) is 0.273. The summed E-state index contributed by atoms with van der Waals surface area (Å²) >= 11 is 0. The van der Waals surface area contributed by atoms with Gasteiger partial charge in [-0.1, -0.05) is 11.6 Å². The van der Waals surface area contributed by atoms with Gasteiger partial charge in [-0.25, -0.2) is 0 Å². The van der Waals surface area contributed by atoms with E-state index in [1.54, 1.807) is 4.68 Å². The van der Waals surface area contributed by atoms with Crippen LogP contribution in [-0.4, -0.2) is 16.1 Å². The van der Waals surface area contributed by atoms with Gasteiger partial charge in [-0.3, -0.25) is 4.68 Å². The lowest BCUT2D eigenvalue weighted by molar-refractivity contribution is -0.108. The molecule has 14 heavy (non-hydrogen) atoms. The van der Waals surface area contributed by atoms with Crippen molar-refractivity contribution in [3.63, 3.8) is 0 Å². The zero-order chi connectivity index (χ0) is 10.1. The first-order valence-corrected chi connectivity index (χ1v) is 4.60. The van der Waals surface area contributed by atoms with E-state index in [0.29, 0.717) is 6.54 Å². The van der Waals surface area contributed by atoms with Crippen LogP contribution in [0.3, 0.4) is 0 Å². The quantitative estimate of drug-likeness (QED) is 0.674. The van der Waals surface area contributed by atoms with Crippen LogP contribution in [0.2, 0.25) is 0 Å². The SMILES string of the molecule is Cc1ccc2c(c1)c(C)nn2CC=O. The summed E-state index contributed by atoms with van der Waals surface area (Å²) in [5.41, 5.74) is 3.22. The van der Waals surface area contributed by atoms with Gasteiger partial charge in [-0.05, 0) is 26.0 Å². The highest BCUT2D eigenvalue weighted by Crippen LogP contribution is 2.18. The molecule has 3 heteroatoms. The third-order valence-electron chi connectivity index (χ3n) is 2.34. The second-order valence-electron chi connectivity index (χ2n) is 3.45. The van der Waals surface area contributed by atoms with Gasteiger partial charge in [0.05, 0.1) is 17.8 Å². The number of hydrogen-bond donors (Lipinski definition) is 0. The Hall–Kier alpha value is -1.64. The number of benzene rings is 1. The van der Waals surface area contributed by atoms with Crippen LogP contribution >= 0.6 is 0 Å². The standard InChI is InChI=1S/C11H12N2O/c1-8-3-4-11-10(7-8)9(2)12-13(11)5-6-14/h3-4,6-7H,5H2,1-2H3. The molecule has 0 bridgehead atoms. The highest BCUT2D eigenvalue weighted by molar-refractivity contribution is 5.83. The highest BCUT2D eigenvalue weighted by atomic mass is 16.1. The Morgan fingerprint density at radius 2 is 2.21 bits per heavy atom. The Kier molecular flexibility index (Phi) is 2.08. The van der Waals surface area contributed by atoms with Crippen molar-refractivity contribution >= 4 is 17.2 Å². The molecule has 0 saturated heterocycles. The van der Waals surface area contributed by atoms with Gasteiger partial charge in [0.1, 0.15) is 6.29 Å². The van der Waals surface area contributed by atoms with Crippen molar-refractivity contribution in [1.82, 2.24) is 9.78 Å². The number of carbonyl (C=O) groups is 1. The van der Waals surface area contributed by atoms with Crippen molar-refractivity contribution < 1.29 is 4.79 Å². The van der Waals surface area contributed by atoms with Gasteiger partial charge in [0.15, 0.2) is 0 Å². The van der Waals surface area contributed by atoms with Crippen LogP contribution in [0.5, 0.6) is 0 Å². The molecular formula is C11H12N2O. The average molecular weight is 188 g/mol. The number of hydrogen-bond acceptors (Lipinski definition) is 2. The number of rotatable bonds is 2. The third-order valence-corrected chi connectivity index (χ3v) is 2.34. The first kappa shape index (κ1) is 8.94. The Balaban J connectivity index is 2.70. The number of nitrogens with zero attached hydrogens (tertiary/aromatic N) is 2. The van der Waals surface area contributed by atoms with Crippen molar-refractivity contribution in [3.8, 4) is 0 Å². The van der Waals surface area contributed by atoms with E-state index in [4.69, 9.17) is 0 Å². The van der Waals surface area contributed by atoms with Crippen LogP contribution < -0.4 is 0 Å². The van der Waals surface area contributed by atoms with Crippen molar-refractivity contribution in [1.29, 1.82) is 0 Å². The maximum Gasteiger partial charge on any atom is 0.141 e. The van der Waals surface area contributed by atoms with Gasteiger partial charge < -0.3 is 4.79 Å². The van der Waals surface area contributed by atoms with E-state index >= 15 is 0 Å². The highest BCUT2D eigenvalue weighted by Gasteiger charge is 2.05. The van der Waals surface area contributed by atoms with E-state index in [1.807, 2.05) is 19.1 Å². The van der Waals surface area contributed by atoms with Crippen molar-refractivity contribution in [2.75, 3.05) is 0 Å². The number of aryl methyl sites for hydroxylation is 2. The molecule has 0 aliphatic heterocycles. The molecule has 1 aromatic heterocycles. The molecule has 72 valence electrons. The van der Waals surface area contributed by atoms with Crippen LogP contribution in [0.1, 0.15) is 11.3 Å². The van der Waals surface area contributed by atoms with E-state index in [-0.39, 0.29) is 0 Å². The third kappa shape index (κ3) is 1.31. The van der Waals surface area contributed by atoms with E-state index < -0.39 is 0 Å². The molecule has 0 spiro atoms. The minimum Gasteiger partial charge on any atom is -0.301 e. The summed E-state index contributed by atoms with van der Waals surface area (Å²) in [4.78, 5) is 10.4. The molecule has 0 N–H and O–H groups in total. The predicted octanol–water partition coefficient (Wildman–Crippen LogP) is 1.85. The Morgan fingerprint density at radius 1 is 1.43 bits per heavy atom. The van der Waals surface area contributed by atoms with Crippen LogP contribution in [0.15, 0.2) is 18.2 Å². The monoisotopic (exact) mass is 188 g/mol. The second kappa shape index (κ2) is 3.25. The summed E-state index contributed by atoms with van der Waals surface area (Å²) < 4.78 is 1.73. The fourth-order valence-electron chi connectivity index (χ4n) is 1.66. The van der Waals surface area contributed by atoms with Crippen molar-refractivity contribution in [2.24, 2.45) is 0 Å². The summed E-state index contributed by atoms with van der Waals surface area (Å²) in [5, 5.41) is 5.44. The van der Waals surface area contributed by atoms with E-state index in [1.165, 1.54) is 5.56 Å². The fourth-order valence-corrected chi connectivity index (χ4v) is 1.66. The molecule has 0 atom stereocenters. The van der Waals surface area contributed by atoms with E-state index in [9.17, 15) is 4.79 Å². The van der Waals surface area contributed by atoms with Gasteiger partial charge in [0.2, 0.25) is 0 Å². The molecule has 0 aliphatic carbocycles. The molecule has 0 fully saturated rings. The summed E-state index contributed by atoms with van der Waals surface area (Å²) in [5.74, 6) is 0. The second-order valence-corrected chi connectivity index (χ2v) is 3.45. The average Bonchev–Trinajstić information content (AvgIpc) is 2.44. The molecule has 1 aromatic carbocycles. The lowest BCUT2D eigenvalue weighted by Gasteiger charge is -1.97. The van der Waals surface area contributed by atoms with Crippen LogP contribution in [0.25, 0.3) is 10.9 Å². The molecule has 0 radical (unpaired) electrons. The minimum atomic E-state index is 0.327. The number of carbonyl (C=O) groups excluding carboxylic acids is 1. The lowest BCUT2D eigenvalue weighted by atomic mass is 10.1. The Morgan fingerprint density at radius 3 is 2.93 bits per heavy atom. The minimum absolute atomic E-state index is 0.327. The molecule has 2 aromatic rings.